The zero-order valence-electron chi connectivity index (χ0n) is 10.3. The average molecular weight is 284 g/mol. The highest BCUT2D eigenvalue weighted by Gasteiger charge is 2.92. The van der Waals surface area contributed by atoms with E-state index in [4.69, 9.17) is 0 Å². The molecule has 4 rings (SSSR count). The highest BCUT2D eigenvalue weighted by molar-refractivity contribution is 6.00. The molecule has 0 unspecified atom stereocenters. The van der Waals surface area contributed by atoms with Gasteiger partial charge < -0.3 is 20.4 Å². The summed E-state index contributed by atoms with van der Waals surface area (Å²) >= 11 is 0. The number of rotatable bonds is 4. The molecule has 0 saturated heterocycles. The van der Waals surface area contributed by atoms with Gasteiger partial charge in [0.05, 0.1) is 21.7 Å². The molecule has 4 fully saturated rings. The number of hydrogen-bond acceptors (Lipinski definition) is 4. The van der Waals surface area contributed by atoms with Crippen molar-refractivity contribution in [1.29, 1.82) is 0 Å². The Labute approximate surface area is 112 Å². The summed E-state index contributed by atoms with van der Waals surface area (Å²) in [6, 6.07) is 0. The monoisotopic (exact) mass is 284 g/mol. The van der Waals surface area contributed by atoms with E-state index in [0.717, 1.165) is 0 Å². The molecule has 20 heavy (non-hydrogen) atoms. The van der Waals surface area contributed by atoms with E-state index >= 15 is 0 Å². The van der Waals surface area contributed by atoms with Crippen LogP contribution in [-0.4, -0.2) is 44.3 Å². The minimum absolute atomic E-state index is 0.427. The normalized spacial score (nSPS) is 47.6. The van der Waals surface area contributed by atoms with Crippen LogP contribution >= 0.6 is 0 Å². The fraction of sp³-hybridized carbons (Fsp3) is 0.667. The molecule has 0 heterocycles. The maximum absolute atomic E-state index is 11.6. The lowest BCUT2D eigenvalue weighted by molar-refractivity contribution is -0.167. The van der Waals surface area contributed by atoms with Crippen molar-refractivity contribution >= 4 is 23.9 Å². The second-order valence-electron chi connectivity index (χ2n) is 6.26. The first-order chi connectivity index (χ1) is 9.10. The van der Waals surface area contributed by atoms with Crippen LogP contribution in [0.25, 0.3) is 0 Å². The first-order valence-electron chi connectivity index (χ1n) is 6.04. The first-order valence-corrected chi connectivity index (χ1v) is 6.04. The Balaban J connectivity index is 2.32. The topological polar surface area (TPSA) is 149 Å². The van der Waals surface area contributed by atoms with Crippen LogP contribution in [0.3, 0.4) is 0 Å². The molecule has 4 aliphatic rings. The van der Waals surface area contributed by atoms with Gasteiger partial charge in [0.2, 0.25) is 0 Å². The summed E-state index contributed by atoms with van der Waals surface area (Å²) in [6.07, 6.45) is -1.71. The molecule has 0 spiro atoms. The average Bonchev–Trinajstić information content (AvgIpc) is 2.94. The molecule has 0 aliphatic heterocycles. The molecule has 0 radical (unpaired) electrons. The van der Waals surface area contributed by atoms with Crippen molar-refractivity contribution in [3.63, 3.8) is 0 Å². The molecule has 0 amide bonds. The van der Waals surface area contributed by atoms with Gasteiger partial charge >= 0.3 is 23.9 Å². The van der Waals surface area contributed by atoms with Gasteiger partial charge in [0.25, 0.3) is 0 Å². The minimum atomic E-state index is -1.80. The Kier molecular flexibility index (Phi) is 1.91. The van der Waals surface area contributed by atoms with Gasteiger partial charge in [-0.2, -0.15) is 0 Å². The summed E-state index contributed by atoms with van der Waals surface area (Å²) in [5.41, 5.74) is -7.18. The van der Waals surface area contributed by atoms with Crippen molar-refractivity contribution < 1.29 is 39.6 Å². The number of hydrogen-bond donors (Lipinski definition) is 4. The van der Waals surface area contributed by atoms with Crippen molar-refractivity contribution in [2.45, 2.75) is 25.7 Å². The van der Waals surface area contributed by atoms with E-state index < -0.39 is 71.2 Å². The summed E-state index contributed by atoms with van der Waals surface area (Å²) in [4.78, 5) is 46.4. The van der Waals surface area contributed by atoms with Gasteiger partial charge in [-0.3, -0.25) is 19.2 Å². The van der Waals surface area contributed by atoms with Crippen LogP contribution in [0.2, 0.25) is 0 Å². The zero-order chi connectivity index (χ0) is 15.1. The standard InChI is InChI=1S/C12H12O8/c13-5(14)9-1-10(6(15)16)3-12(9,8(19)20)4-11(10,2-9)7(17)18/h1-4H2,(H,13,14)(H,15,16)(H,17,18)(H,19,20). The maximum atomic E-state index is 11.6. The van der Waals surface area contributed by atoms with E-state index in [9.17, 15) is 39.6 Å². The molecule has 0 aromatic carbocycles. The van der Waals surface area contributed by atoms with Crippen molar-refractivity contribution in [1.82, 2.24) is 0 Å². The van der Waals surface area contributed by atoms with Crippen molar-refractivity contribution in [2.75, 3.05) is 0 Å². The van der Waals surface area contributed by atoms with Crippen LogP contribution in [0.1, 0.15) is 25.7 Å². The fourth-order valence-electron chi connectivity index (χ4n) is 5.09. The molecule has 8 nitrogen and oxygen atoms in total. The number of aliphatic carboxylic acids is 4. The van der Waals surface area contributed by atoms with Crippen LogP contribution < -0.4 is 0 Å². The van der Waals surface area contributed by atoms with E-state index in [-0.39, 0.29) is 0 Å². The highest BCUT2D eigenvalue weighted by atomic mass is 16.4. The zero-order valence-corrected chi connectivity index (χ0v) is 10.3. The van der Waals surface area contributed by atoms with E-state index in [1.807, 2.05) is 0 Å². The molecule has 4 aliphatic carbocycles. The van der Waals surface area contributed by atoms with E-state index in [1.54, 1.807) is 0 Å². The second kappa shape index (κ2) is 2.97. The molecule has 8 heteroatoms. The van der Waals surface area contributed by atoms with Gasteiger partial charge in [-0.25, -0.2) is 0 Å². The smallest absolute Gasteiger partial charge is 0.310 e. The Bertz CT molecular complexity index is 476. The Morgan fingerprint density at radius 1 is 0.500 bits per heavy atom. The third-order valence-corrected chi connectivity index (χ3v) is 5.88. The first kappa shape index (κ1) is 12.9. The van der Waals surface area contributed by atoms with Gasteiger partial charge in [0.1, 0.15) is 0 Å². The van der Waals surface area contributed by atoms with E-state index in [0.29, 0.717) is 0 Å². The van der Waals surface area contributed by atoms with Crippen molar-refractivity contribution in [3.05, 3.63) is 0 Å². The van der Waals surface area contributed by atoms with Crippen LogP contribution in [-0.2, 0) is 19.2 Å². The molecular weight excluding hydrogens is 272 g/mol. The predicted molar refractivity (Wildman–Crippen MR) is 58.7 cm³/mol. The van der Waals surface area contributed by atoms with E-state index in [1.165, 1.54) is 0 Å². The highest BCUT2D eigenvalue weighted by Crippen LogP contribution is 2.86. The van der Waals surface area contributed by atoms with Crippen LogP contribution in [0.4, 0.5) is 0 Å². The summed E-state index contributed by atoms with van der Waals surface area (Å²) < 4.78 is 0. The Hall–Kier alpha value is -2.12. The van der Waals surface area contributed by atoms with Crippen molar-refractivity contribution in [2.24, 2.45) is 21.7 Å². The molecule has 4 saturated carbocycles. The van der Waals surface area contributed by atoms with Gasteiger partial charge in [-0.05, 0) is 25.7 Å². The van der Waals surface area contributed by atoms with Crippen LogP contribution in [0.15, 0.2) is 0 Å². The predicted octanol–water partition coefficient (Wildman–Crippen LogP) is -0.128. The van der Waals surface area contributed by atoms with E-state index in [2.05, 4.69) is 0 Å². The van der Waals surface area contributed by atoms with Gasteiger partial charge in [-0.1, -0.05) is 0 Å². The molecule has 0 atom stereocenters. The molecular formula is C12H12O8. The fourth-order valence-corrected chi connectivity index (χ4v) is 5.09. The SMILES string of the molecule is O=C(O)C12CC3(C(=O)O)CC1(C(=O)O)CC3(C(=O)O)C2. The number of carbonyl (C=O) groups is 4. The van der Waals surface area contributed by atoms with Gasteiger partial charge in [0.15, 0.2) is 0 Å². The van der Waals surface area contributed by atoms with Gasteiger partial charge in [-0.15, -0.1) is 0 Å². The van der Waals surface area contributed by atoms with Gasteiger partial charge in [0, 0.05) is 0 Å². The Morgan fingerprint density at radius 2 is 0.650 bits per heavy atom. The summed E-state index contributed by atoms with van der Waals surface area (Å²) in [6.45, 7) is 0. The number of carboxylic acid groups (broad SMARTS) is 4. The van der Waals surface area contributed by atoms with Crippen molar-refractivity contribution in [3.8, 4) is 0 Å². The lowest BCUT2D eigenvalue weighted by Gasteiger charge is -2.32. The lowest BCUT2D eigenvalue weighted by Crippen LogP contribution is -2.44. The van der Waals surface area contributed by atoms with Crippen LogP contribution in [0, 0.1) is 21.7 Å². The third kappa shape index (κ3) is 0.862. The second-order valence-corrected chi connectivity index (χ2v) is 6.26. The minimum Gasteiger partial charge on any atom is -0.481 e. The molecule has 0 aromatic rings. The third-order valence-electron chi connectivity index (χ3n) is 5.88. The lowest BCUT2D eigenvalue weighted by atomic mass is 9.68. The Morgan fingerprint density at radius 3 is 0.750 bits per heavy atom. The molecule has 4 N–H and O–H groups in total. The molecule has 4 bridgehead atoms. The number of carboxylic acids is 4. The molecule has 108 valence electrons. The summed E-state index contributed by atoms with van der Waals surface area (Å²) in [5.74, 6) is -5.65. The molecule has 0 aromatic heterocycles. The summed E-state index contributed by atoms with van der Waals surface area (Å²) in [7, 11) is 0. The largest absolute Gasteiger partial charge is 0.481 e. The maximum Gasteiger partial charge on any atom is 0.310 e. The summed E-state index contributed by atoms with van der Waals surface area (Å²) in [5, 5.41) is 37.8. The quantitative estimate of drug-likeness (QED) is 0.557. The van der Waals surface area contributed by atoms with Crippen LogP contribution in [0.5, 0.6) is 0 Å².